The summed E-state index contributed by atoms with van der Waals surface area (Å²) in [7, 11) is 2.82. The SMILES string of the molecule is COc1cc(C=CC(=O)c2ccc(Cl)s2)c([N+](=O)[O-])cc1OC. The third kappa shape index (κ3) is 3.88. The lowest BCUT2D eigenvalue weighted by atomic mass is 10.1. The highest BCUT2D eigenvalue weighted by Crippen LogP contribution is 2.35. The van der Waals surface area contributed by atoms with Crippen LogP contribution in [0.3, 0.4) is 0 Å². The third-order valence-electron chi connectivity index (χ3n) is 2.96. The van der Waals surface area contributed by atoms with Gasteiger partial charge in [0.15, 0.2) is 17.3 Å². The van der Waals surface area contributed by atoms with Crippen molar-refractivity contribution in [2.75, 3.05) is 14.2 Å². The quantitative estimate of drug-likeness (QED) is 0.336. The number of ketones is 1. The molecule has 0 saturated heterocycles. The van der Waals surface area contributed by atoms with Crippen molar-refractivity contribution in [2.45, 2.75) is 0 Å². The van der Waals surface area contributed by atoms with E-state index in [1.165, 1.54) is 38.5 Å². The summed E-state index contributed by atoms with van der Waals surface area (Å²) in [6.45, 7) is 0. The molecule has 6 nitrogen and oxygen atoms in total. The number of nitro benzene ring substituents is 1. The van der Waals surface area contributed by atoms with Crippen molar-refractivity contribution in [3.63, 3.8) is 0 Å². The van der Waals surface area contributed by atoms with E-state index < -0.39 is 4.92 Å². The molecule has 0 aliphatic carbocycles. The van der Waals surface area contributed by atoms with Gasteiger partial charge in [-0.1, -0.05) is 11.6 Å². The highest BCUT2D eigenvalue weighted by Gasteiger charge is 2.18. The van der Waals surface area contributed by atoms with E-state index in [9.17, 15) is 14.9 Å². The van der Waals surface area contributed by atoms with E-state index >= 15 is 0 Å². The fraction of sp³-hybridized carbons (Fsp3) is 0.133. The molecular formula is C15H12ClNO5S. The molecule has 0 N–H and O–H groups in total. The molecule has 0 radical (unpaired) electrons. The number of carbonyl (C=O) groups is 1. The van der Waals surface area contributed by atoms with Crippen LogP contribution in [0.25, 0.3) is 6.08 Å². The Hall–Kier alpha value is -2.38. The van der Waals surface area contributed by atoms with Gasteiger partial charge in [-0.2, -0.15) is 0 Å². The number of methoxy groups -OCH3 is 2. The van der Waals surface area contributed by atoms with E-state index in [-0.39, 0.29) is 22.8 Å². The minimum Gasteiger partial charge on any atom is -0.493 e. The number of hydrogen-bond acceptors (Lipinski definition) is 6. The predicted molar refractivity (Wildman–Crippen MR) is 88.9 cm³/mol. The van der Waals surface area contributed by atoms with Crippen LogP contribution in [0.2, 0.25) is 4.34 Å². The third-order valence-corrected chi connectivity index (χ3v) is 4.21. The highest BCUT2D eigenvalue weighted by molar-refractivity contribution is 7.18. The molecule has 0 bridgehead atoms. The Kier molecular flexibility index (Phi) is 5.36. The molecule has 120 valence electrons. The summed E-state index contributed by atoms with van der Waals surface area (Å²) in [4.78, 5) is 23.1. The normalized spacial score (nSPS) is 10.7. The van der Waals surface area contributed by atoms with E-state index in [1.807, 2.05) is 0 Å². The van der Waals surface area contributed by atoms with Gasteiger partial charge in [-0.25, -0.2) is 0 Å². The molecule has 0 unspecified atom stereocenters. The second-order valence-electron chi connectivity index (χ2n) is 4.32. The van der Waals surface area contributed by atoms with E-state index in [2.05, 4.69) is 0 Å². The molecule has 23 heavy (non-hydrogen) atoms. The maximum Gasteiger partial charge on any atom is 0.280 e. The van der Waals surface area contributed by atoms with Crippen molar-refractivity contribution in [3.8, 4) is 11.5 Å². The molecule has 8 heteroatoms. The first-order valence-electron chi connectivity index (χ1n) is 6.34. The standard InChI is InChI=1S/C15H12ClNO5S/c1-21-12-7-9(10(17(19)20)8-13(12)22-2)3-4-11(18)14-5-6-15(16)23-14/h3-8H,1-2H3. The molecular weight excluding hydrogens is 342 g/mol. The van der Waals surface area contributed by atoms with Gasteiger partial charge in [0.1, 0.15) is 0 Å². The van der Waals surface area contributed by atoms with Crippen LogP contribution in [0.1, 0.15) is 15.2 Å². The Bertz CT molecular complexity index is 784. The highest BCUT2D eigenvalue weighted by atomic mass is 35.5. The Morgan fingerprint density at radius 2 is 1.91 bits per heavy atom. The number of allylic oxidation sites excluding steroid dienone is 1. The van der Waals surface area contributed by atoms with Crippen LogP contribution < -0.4 is 9.47 Å². The molecule has 0 aliphatic rings. The van der Waals surface area contributed by atoms with Crippen LogP contribution in [0, 0.1) is 10.1 Å². The first-order chi connectivity index (χ1) is 11.0. The predicted octanol–water partition coefficient (Wildman–Crippen LogP) is 4.22. The van der Waals surface area contributed by atoms with Gasteiger partial charge in [-0.05, 0) is 30.4 Å². The summed E-state index contributed by atoms with van der Waals surface area (Å²) in [5.74, 6) is 0.295. The largest absolute Gasteiger partial charge is 0.493 e. The number of thiophene rings is 1. The lowest BCUT2D eigenvalue weighted by Crippen LogP contribution is -1.97. The van der Waals surface area contributed by atoms with Crippen LogP contribution in [-0.2, 0) is 0 Å². The maximum atomic E-state index is 12.0. The number of hydrogen-bond donors (Lipinski definition) is 0. The molecule has 1 heterocycles. The molecule has 0 saturated carbocycles. The number of rotatable bonds is 6. The number of nitrogens with zero attached hydrogens (tertiary/aromatic N) is 1. The van der Waals surface area contributed by atoms with Gasteiger partial charge in [-0.3, -0.25) is 14.9 Å². The van der Waals surface area contributed by atoms with Gasteiger partial charge in [0.25, 0.3) is 5.69 Å². The molecule has 0 fully saturated rings. The van der Waals surface area contributed by atoms with E-state index in [0.29, 0.717) is 15.0 Å². The zero-order valence-electron chi connectivity index (χ0n) is 12.2. The molecule has 1 aromatic heterocycles. The lowest BCUT2D eigenvalue weighted by molar-refractivity contribution is -0.385. The second-order valence-corrected chi connectivity index (χ2v) is 6.04. The fourth-order valence-electron chi connectivity index (χ4n) is 1.87. The second kappa shape index (κ2) is 7.26. The average molecular weight is 354 g/mol. The van der Waals surface area contributed by atoms with Crippen molar-refractivity contribution in [1.29, 1.82) is 0 Å². The van der Waals surface area contributed by atoms with Gasteiger partial charge in [-0.15, -0.1) is 11.3 Å². The summed E-state index contributed by atoms with van der Waals surface area (Å²) < 4.78 is 10.7. The Morgan fingerprint density at radius 3 is 2.43 bits per heavy atom. The van der Waals surface area contributed by atoms with Crippen LogP contribution in [0.15, 0.2) is 30.3 Å². The number of nitro groups is 1. The number of ether oxygens (including phenoxy) is 2. The summed E-state index contributed by atoms with van der Waals surface area (Å²) >= 11 is 6.93. The van der Waals surface area contributed by atoms with Gasteiger partial charge >= 0.3 is 0 Å². The molecule has 1 aromatic carbocycles. The molecule has 0 amide bonds. The van der Waals surface area contributed by atoms with Crippen molar-refractivity contribution < 1.29 is 19.2 Å². The van der Waals surface area contributed by atoms with Gasteiger partial charge in [0.2, 0.25) is 0 Å². The summed E-state index contributed by atoms with van der Waals surface area (Å²) in [6.07, 6.45) is 2.63. The zero-order chi connectivity index (χ0) is 17.0. The first kappa shape index (κ1) is 17.0. The fourth-order valence-corrected chi connectivity index (χ4v) is 2.83. The van der Waals surface area contributed by atoms with E-state index in [1.54, 1.807) is 12.1 Å². The van der Waals surface area contributed by atoms with Crippen molar-refractivity contribution in [2.24, 2.45) is 0 Å². The van der Waals surface area contributed by atoms with E-state index in [0.717, 1.165) is 11.3 Å². The average Bonchev–Trinajstić information content (AvgIpc) is 2.98. The Balaban J connectivity index is 2.39. The number of benzene rings is 1. The van der Waals surface area contributed by atoms with Crippen LogP contribution in [0.4, 0.5) is 5.69 Å². The first-order valence-corrected chi connectivity index (χ1v) is 7.54. The summed E-state index contributed by atoms with van der Waals surface area (Å²) in [6, 6.07) is 5.92. The van der Waals surface area contributed by atoms with Crippen molar-refractivity contribution in [3.05, 3.63) is 55.2 Å². The summed E-state index contributed by atoms with van der Waals surface area (Å²) in [5.41, 5.74) is 0.0552. The van der Waals surface area contributed by atoms with Gasteiger partial charge in [0, 0.05) is 0 Å². The monoisotopic (exact) mass is 353 g/mol. The minimum atomic E-state index is -0.548. The van der Waals surface area contributed by atoms with Gasteiger partial charge in [0.05, 0.1) is 40.0 Å². The van der Waals surface area contributed by atoms with Crippen LogP contribution >= 0.6 is 22.9 Å². The topological polar surface area (TPSA) is 78.7 Å². The summed E-state index contributed by atoms with van der Waals surface area (Å²) in [5, 5.41) is 11.2. The maximum absolute atomic E-state index is 12.0. The Morgan fingerprint density at radius 1 is 1.26 bits per heavy atom. The lowest BCUT2D eigenvalue weighted by Gasteiger charge is -2.08. The van der Waals surface area contributed by atoms with Crippen LogP contribution in [0.5, 0.6) is 11.5 Å². The molecule has 2 rings (SSSR count). The van der Waals surface area contributed by atoms with Crippen molar-refractivity contribution >= 4 is 40.5 Å². The molecule has 0 aliphatic heterocycles. The van der Waals surface area contributed by atoms with E-state index in [4.69, 9.17) is 21.1 Å². The molecule has 0 atom stereocenters. The number of halogens is 1. The molecule has 2 aromatic rings. The smallest absolute Gasteiger partial charge is 0.280 e. The Labute approximate surface area is 141 Å². The zero-order valence-corrected chi connectivity index (χ0v) is 13.8. The number of carbonyl (C=O) groups excluding carboxylic acids is 1. The minimum absolute atomic E-state index is 0.184. The van der Waals surface area contributed by atoms with Crippen molar-refractivity contribution in [1.82, 2.24) is 0 Å². The van der Waals surface area contributed by atoms with Gasteiger partial charge < -0.3 is 9.47 Å². The molecule has 0 spiro atoms. The van der Waals surface area contributed by atoms with Crippen LogP contribution in [-0.4, -0.2) is 24.9 Å².